The fraction of sp³-hybridized carbons (Fsp3) is 0.600. The lowest BCUT2D eigenvalue weighted by Crippen LogP contribution is -2.23. The van der Waals surface area contributed by atoms with Gasteiger partial charge in [0.1, 0.15) is 6.10 Å². The van der Waals surface area contributed by atoms with Crippen LogP contribution in [0.4, 0.5) is 5.69 Å². The maximum atomic E-state index is 11.5. The maximum absolute atomic E-state index is 11.5. The van der Waals surface area contributed by atoms with Gasteiger partial charge in [-0.3, -0.25) is 9.79 Å². The highest BCUT2D eigenvalue weighted by Gasteiger charge is 2.14. The summed E-state index contributed by atoms with van der Waals surface area (Å²) in [7, 11) is 0. The van der Waals surface area contributed by atoms with Crippen molar-refractivity contribution in [1.82, 2.24) is 0 Å². The number of carbonyl (C=O) groups excluding carboxylic acids is 1. The minimum absolute atomic E-state index is 0.158. The molecule has 1 aromatic rings. The molecule has 0 fully saturated rings. The summed E-state index contributed by atoms with van der Waals surface area (Å²) in [4.78, 5) is 18.2. The van der Waals surface area contributed by atoms with E-state index in [2.05, 4.69) is 47.3 Å². The van der Waals surface area contributed by atoms with Crippen molar-refractivity contribution in [3.05, 3.63) is 41.7 Å². The number of benzene rings is 1. The molecular formula is C25H38N2O2. The van der Waals surface area contributed by atoms with Gasteiger partial charge in [-0.05, 0) is 37.5 Å². The molecule has 4 heteroatoms. The topological polar surface area (TPSA) is 41.9 Å². The first-order chi connectivity index (χ1) is 14.1. The van der Waals surface area contributed by atoms with Gasteiger partial charge in [-0.15, -0.1) is 0 Å². The zero-order valence-corrected chi connectivity index (χ0v) is 18.5. The summed E-state index contributed by atoms with van der Waals surface area (Å²) in [5.74, 6) is -0.159. The summed E-state index contributed by atoms with van der Waals surface area (Å²) >= 11 is 0. The number of esters is 1. The largest absolute Gasteiger partial charge is 0.462 e. The van der Waals surface area contributed by atoms with Crippen molar-refractivity contribution >= 4 is 17.9 Å². The van der Waals surface area contributed by atoms with E-state index in [0.717, 1.165) is 18.7 Å². The van der Waals surface area contributed by atoms with Crippen molar-refractivity contribution in [1.29, 1.82) is 0 Å². The molecular weight excluding hydrogens is 360 g/mol. The predicted octanol–water partition coefficient (Wildman–Crippen LogP) is 6.44. The predicted molar refractivity (Wildman–Crippen MR) is 123 cm³/mol. The van der Waals surface area contributed by atoms with E-state index in [1.807, 2.05) is 20.1 Å². The molecule has 0 aliphatic carbocycles. The molecule has 0 saturated carbocycles. The molecule has 0 bridgehead atoms. The lowest BCUT2D eigenvalue weighted by Gasteiger charge is -2.24. The third-order valence-electron chi connectivity index (χ3n) is 5.27. The molecule has 0 amide bonds. The number of aryl methyl sites for hydroxylation is 1. The molecule has 0 aromatic heterocycles. The molecule has 1 aliphatic rings. The van der Waals surface area contributed by atoms with E-state index in [9.17, 15) is 4.79 Å². The number of ether oxygens (including phenoxy) is 1. The van der Waals surface area contributed by atoms with Gasteiger partial charge in [-0.25, -0.2) is 0 Å². The number of anilines is 1. The van der Waals surface area contributed by atoms with Crippen LogP contribution in [0.1, 0.15) is 84.1 Å². The Bertz CT molecular complexity index is 681. The zero-order valence-electron chi connectivity index (χ0n) is 18.5. The average molecular weight is 399 g/mol. The second-order valence-corrected chi connectivity index (χ2v) is 7.98. The van der Waals surface area contributed by atoms with Crippen LogP contribution in [-0.4, -0.2) is 24.8 Å². The lowest BCUT2D eigenvalue weighted by atomic mass is 10.0. The van der Waals surface area contributed by atoms with Gasteiger partial charge in [0, 0.05) is 30.9 Å². The molecule has 2 rings (SSSR count). The van der Waals surface area contributed by atoms with Gasteiger partial charge >= 0.3 is 5.97 Å². The summed E-state index contributed by atoms with van der Waals surface area (Å²) in [5, 5.41) is 0. The first-order valence-corrected chi connectivity index (χ1v) is 11.4. The van der Waals surface area contributed by atoms with E-state index in [-0.39, 0.29) is 12.1 Å². The van der Waals surface area contributed by atoms with Gasteiger partial charge in [0.25, 0.3) is 0 Å². The number of hydrogen-bond donors (Lipinski definition) is 0. The smallest absolute Gasteiger partial charge is 0.305 e. The van der Waals surface area contributed by atoms with Crippen LogP contribution in [0.5, 0.6) is 0 Å². The van der Waals surface area contributed by atoms with Crippen LogP contribution >= 0.6 is 0 Å². The van der Waals surface area contributed by atoms with E-state index >= 15 is 0 Å². The number of carbonyl (C=O) groups is 1. The standard InChI is InChI=1S/C25H38N2O2/c1-4-6-7-8-9-10-11-13-22-14-12-15-24(19-22)27-17-16-26-23(20-27)18-21(3)29-25(28)5-2/h12,14-16,19-21H,4-11,13,17-18H2,1-3H3. The third kappa shape index (κ3) is 8.84. The molecule has 1 aromatic carbocycles. The minimum Gasteiger partial charge on any atom is -0.462 e. The minimum atomic E-state index is -0.159. The summed E-state index contributed by atoms with van der Waals surface area (Å²) in [6, 6.07) is 8.83. The summed E-state index contributed by atoms with van der Waals surface area (Å²) in [5.41, 5.74) is 3.55. The van der Waals surface area contributed by atoms with Crippen molar-refractivity contribution in [3.8, 4) is 0 Å². The third-order valence-corrected chi connectivity index (χ3v) is 5.27. The van der Waals surface area contributed by atoms with Crippen LogP contribution in [0.2, 0.25) is 0 Å². The van der Waals surface area contributed by atoms with Crippen molar-refractivity contribution in [2.24, 2.45) is 4.99 Å². The van der Waals surface area contributed by atoms with Gasteiger partial charge in [-0.1, -0.05) is 64.5 Å². The Labute approximate surface area is 177 Å². The number of unbranched alkanes of at least 4 members (excludes halogenated alkanes) is 6. The monoisotopic (exact) mass is 398 g/mol. The Kier molecular flexibility index (Phi) is 10.5. The molecule has 160 valence electrons. The van der Waals surface area contributed by atoms with E-state index < -0.39 is 0 Å². The summed E-state index contributed by atoms with van der Waals surface area (Å²) in [6.07, 6.45) is 15.4. The van der Waals surface area contributed by atoms with Gasteiger partial charge in [0.2, 0.25) is 0 Å². The second kappa shape index (κ2) is 13.2. The van der Waals surface area contributed by atoms with E-state index in [0.29, 0.717) is 12.8 Å². The normalized spacial score (nSPS) is 14.6. The van der Waals surface area contributed by atoms with Crippen LogP contribution in [0.25, 0.3) is 0 Å². The molecule has 0 spiro atoms. The molecule has 1 unspecified atom stereocenters. The van der Waals surface area contributed by atoms with Crippen molar-refractivity contribution in [3.63, 3.8) is 0 Å². The first-order valence-electron chi connectivity index (χ1n) is 11.4. The van der Waals surface area contributed by atoms with E-state index in [4.69, 9.17) is 4.74 Å². The SMILES string of the molecule is CCCCCCCCCc1cccc(N2C=C(CC(C)OC(=O)CC)N=CC2)c1. The Balaban J connectivity index is 1.84. The fourth-order valence-electron chi connectivity index (χ4n) is 3.62. The van der Waals surface area contributed by atoms with Crippen molar-refractivity contribution in [2.75, 3.05) is 11.4 Å². The number of aliphatic imine (C=N–C) groups is 1. The summed E-state index contributed by atoms with van der Waals surface area (Å²) in [6.45, 7) is 6.77. The Morgan fingerprint density at radius 1 is 1.14 bits per heavy atom. The molecule has 1 aliphatic heterocycles. The first kappa shape index (κ1) is 23.2. The van der Waals surface area contributed by atoms with Gasteiger partial charge in [-0.2, -0.15) is 0 Å². The van der Waals surface area contributed by atoms with Crippen LogP contribution in [-0.2, 0) is 16.0 Å². The van der Waals surface area contributed by atoms with Crippen molar-refractivity contribution in [2.45, 2.75) is 91.1 Å². The van der Waals surface area contributed by atoms with Gasteiger partial charge in [0.05, 0.1) is 12.2 Å². The van der Waals surface area contributed by atoms with Crippen LogP contribution in [0, 0.1) is 0 Å². The lowest BCUT2D eigenvalue weighted by molar-refractivity contribution is -0.147. The van der Waals surface area contributed by atoms with Crippen LogP contribution in [0.3, 0.4) is 0 Å². The molecule has 4 nitrogen and oxygen atoms in total. The zero-order chi connectivity index (χ0) is 20.9. The van der Waals surface area contributed by atoms with E-state index in [1.54, 1.807) is 0 Å². The quantitative estimate of drug-likeness (QED) is 0.283. The summed E-state index contributed by atoms with van der Waals surface area (Å²) < 4.78 is 5.38. The molecule has 0 radical (unpaired) electrons. The van der Waals surface area contributed by atoms with Crippen LogP contribution in [0.15, 0.2) is 41.2 Å². The fourth-order valence-corrected chi connectivity index (χ4v) is 3.62. The number of nitrogens with zero attached hydrogens (tertiary/aromatic N) is 2. The maximum Gasteiger partial charge on any atom is 0.305 e. The number of rotatable bonds is 13. The molecule has 1 atom stereocenters. The average Bonchev–Trinajstić information content (AvgIpc) is 2.73. The Morgan fingerprint density at radius 3 is 2.66 bits per heavy atom. The molecule has 0 N–H and O–H groups in total. The molecule has 0 saturated heterocycles. The Hall–Kier alpha value is -2.10. The van der Waals surface area contributed by atoms with Crippen molar-refractivity contribution < 1.29 is 9.53 Å². The highest BCUT2D eigenvalue weighted by Crippen LogP contribution is 2.22. The second-order valence-electron chi connectivity index (χ2n) is 7.98. The molecule has 1 heterocycles. The van der Waals surface area contributed by atoms with Gasteiger partial charge < -0.3 is 9.64 Å². The number of hydrogen-bond acceptors (Lipinski definition) is 4. The highest BCUT2D eigenvalue weighted by molar-refractivity contribution is 5.71. The highest BCUT2D eigenvalue weighted by atomic mass is 16.5. The van der Waals surface area contributed by atoms with E-state index in [1.165, 1.54) is 56.2 Å². The Morgan fingerprint density at radius 2 is 1.90 bits per heavy atom. The molecule has 29 heavy (non-hydrogen) atoms. The van der Waals surface area contributed by atoms with Crippen LogP contribution < -0.4 is 4.90 Å². The van der Waals surface area contributed by atoms with Gasteiger partial charge in [0.15, 0.2) is 0 Å².